The molecule has 102 valence electrons. The molecule has 0 radical (unpaired) electrons. The first-order chi connectivity index (χ1) is 8.13. The number of nitrogens with two attached hydrogens (primary N) is 1. The predicted octanol–water partition coefficient (Wildman–Crippen LogP) is 3.41. The van der Waals surface area contributed by atoms with Crippen LogP contribution < -0.4 is 5.73 Å². The van der Waals surface area contributed by atoms with Crippen LogP contribution in [0.2, 0.25) is 0 Å². The number of hydrogen-bond donors (Lipinski definition) is 1. The van der Waals surface area contributed by atoms with E-state index in [1.807, 2.05) is 0 Å². The van der Waals surface area contributed by atoms with Gasteiger partial charge >= 0.3 is 0 Å². The Balaban J connectivity index is 2.28. The molecule has 2 heteroatoms. The van der Waals surface area contributed by atoms with Gasteiger partial charge in [-0.2, -0.15) is 0 Å². The van der Waals surface area contributed by atoms with Gasteiger partial charge in [-0.05, 0) is 64.6 Å². The summed E-state index contributed by atoms with van der Waals surface area (Å²) < 4.78 is 0. The molecule has 0 atom stereocenters. The van der Waals surface area contributed by atoms with Crippen LogP contribution in [0.25, 0.3) is 0 Å². The molecular weight excluding hydrogens is 208 g/mol. The van der Waals surface area contributed by atoms with Crippen LogP contribution in [0.4, 0.5) is 0 Å². The normalized spacial score (nSPS) is 18.7. The first-order valence-corrected chi connectivity index (χ1v) is 7.57. The molecule has 1 aliphatic carbocycles. The lowest BCUT2D eigenvalue weighted by molar-refractivity contribution is 0.0958. The Labute approximate surface area is 108 Å². The smallest absolute Gasteiger partial charge is 0.00385 e. The summed E-state index contributed by atoms with van der Waals surface area (Å²) in [7, 11) is 0. The maximum Gasteiger partial charge on any atom is 0.00385 e. The molecule has 1 rings (SSSR count). The van der Waals surface area contributed by atoms with Gasteiger partial charge in [0.1, 0.15) is 0 Å². The zero-order valence-corrected chi connectivity index (χ0v) is 12.2. The molecule has 0 saturated heterocycles. The molecule has 2 N–H and O–H groups in total. The van der Waals surface area contributed by atoms with Gasteiger partial charge in [0.15, 0.2) is 0 Å². The van der Waals surface area contributed by atoms with Crippen LogP contribution in [0.3, 0.4) is 0 Å². The van der Waals surface area contributed by atoms with Crippen LogP contribution in [-0.4, -0.2) is 30.6 Å². The third-order valence-electron chi connectivity index (χ3n) is 4.56. The highest BCUT2D eigenvalue weighted by Crippen LogP contribution is 2.43. The van der Waals surface area contributed by atoms with Gasteiger partial charge in [-0.15, -0.1) is 0 Å². The van der Waals surface area contributed by atoms with Gasteiger partial charge in [0, 0.05) is 6.04 Å². The molecule has 0 heterocycles. The highest BCUT2D eigenvalue weighted by Gasteiger charge is 2.35. The van der Waals surface area contributed by atoms with Crippen molar-refractivity contribution in [2.75, 3.05) is 19.6 Å². The van der Waals surface area contributed by atoms with Crippen LogP contribution in [0, 0.1) is 5.41 Å². The summed E-state index contributed by atoms with van der Waals surface area (Å²) in [6.07, 6.45) is 9.48. The summed E-state index contributed by atoms with van der Waals surface area (Å²) in [5.74, 6) is 0. The Kier molecular flexibility index (Phi) is 6.50. The molecule has 0 aromatic heterocycles. The van der Waals surface area contributed by atoms with Gasteiger partial charge in [-0.1, -0.05) is 26.2 Å². The first kappa shape index (κ1) is 15.0. The van der Waals surface area contributed by atoms with E-state index in [4.69, 9.17) is 5.73 Å². The standard InChI is InChI=1S/C15H32N2/c1-4-5-6-11-17(14(2)3)12-10-15(13-16)8-7-9-15/h14H,4-13,16H2,1-3H3. The van der Waals surface area contributed by atoms with Crippen LogP contribution >= 0.6 is 0 Å². The number of hydrogen-bond acceptors (Lipinski definition) is 2. The Hall–Kier alpha value is -0.0800. The van der Waals surface area contributed by atoms with Gasteiger partial charge in [-0.25, -0.2) is 0 Å². The van der Waals surface area contributed by atoms with E-state index in [1.165, 1.54) is 58.0 Å². The highest BCUT2D eigenvalue weighted by molar-refractivity contribution is 4.89. The highest BCUT2D eigenvalue weighted by atomic mass is 15.1. The van der Waals surface area contributed by atoms with E-state index in [-0.39, 0.29) is 0 Å². The number of rotatable bonds is 9. The fourth-order valence-electron chi connectivity index (χ4n) is 2.81. The van der Waals surface area contributed by atoms with Crippen LogP contribution in [0.1, 0.15) is 65.7 Å². The van der Waals surface area contributed by atoms with Crippen molar-refractivity contribution in [2.45, 2.75) is 71.8 Å². The molecule has 0 aromatic rings. The van der Waals surface area contributed by atoms with Gasteiger partial charge in [0.25, 0.3) is 0 Å². The molecule has 1 aliphatic rings. The Morgan fingerprint density at radius 2 is 1.88 bits per heavy atom. The lowest BCUT2D eigenvalue weighted by atomic mass is 9.66. The van der Waals surface area contributed by atoms with Gasteiger partial charge in [-0.3, -0.25) is 0 Å². The molecule has 0 aliphatic heterocycles. The molecule has 0 bridgehead atoms. The quantitative estimate of drug-likeness (QED) is 0.626. The predicted molar refractivity (Wildman–Crippen MR) is 76.2 cm³/mol. The minimum atomic E-state index is 0.512. The van der Waals surface area contributed by atoms with Crippen LogP contribution in [0.15, 0.2) is 0 Å². The minimum Gasteiger partial charge on any atom is -0.330 e. The Bertz CT molecular complexity index is 192. The number of nitrogens with zero attached hydrogens (tertiary/aromatic N) is 1. The van der Waals surface area contributed by atoms with Crippen molar-refractivity contribution in [2.24, 2.45) is 11.1 Å². The summed E-state index contributed by atoms with van der Waals surface area (Å²) in [6.45, 7) is 10.3. The third-order valence-corrected chi connectivity index (χ3v) is 4.56. The molecule has 1 fully saturated rings. The Morgan fingerprint density at radius 3 is 2.29 bits per heavy atom. The van der Waals surface area contributed by atoms with Crippen LogP contribution in [0.5, 0.6) is 0 Å². The average Bonchev–Trinajstić information content (AvgIpc) is 2.25. The SMILES string of the molecule is CCCCCN(CCC1(CN)CCC1)C(C)C. The fraction of sp³-hybridized carbons (Fsp3) is 1.00. The first-order valence-electron chi connectivity index (χ1n) is 7.57. The van der Waals surface area contributed by atoms with Gasteiger partial charge < -0.3 is 10.6 Å². The molecule has 0 unspecified atom stereocenters. The second kappa shape index (κ2) is 7.38. The molecule has 17 heavy (non-hydrogen) atoms. The van der Waals surface area contributed by atoms with Crippen molar-refractivity contribution in [3.63, 3.8) is 0 Å². The largest absolute Gasteiger partial charge is 0.330 e. The van der Waals surface area contributed by atoms with Crippen molar-refractivity contribution < 1.29 is 0 Å². The Morgan fingerprint density at radius 1 is 1.18 bits per heavy atom. The monoisotopic (exact) mass is 240 g/mol. The van der Waals surface area contributed by atoms with Crippen molar-refractivity contribution in [1.29, 1.82) is 0 Å². The lowest BCUT2D eigenvalue weighted by Gasteiger charge is -2.43. The zero-order valence-electron chi connectivity index (χ0n) is 12.2. The lowest BCUT2D eigenvalue weighted by Crippen LogP contribution is -2.42. The van der Waals surface area contributed by atoms with E-state index < -0.39 is 0 Å². The fourth-order valence-corrected chi connectivity index (χ4v) is 2.81. The van der Waals surface area contributed by atoms with E-state index in [0.717, 1.165) is 6.54 Å². The van der Waals surface area contributed by atoms with E-state index >= 15 is 0 Å². The van der Waals surface area contributed by atoms with Crippen LogP contribution in [-0.2, 0) is 0 Å². The molecule has 0 aromatic carbocycles. The van der Waals surface area contributed by atoms with E-state index in [2.05, 4.69) is 25.7 Å². The summed E-state index contributed by atoms with van der Waals surface area (Å²) in [4.78, 5) is 2.64. The third kappa shape index (κ3) is 4.59. The molecular formula is C15H32N2. The zero-order chi connectivity index (χ0) is 12.7. The second-order valence-corrected chi connectivity index (χ2v) is 6.14. The summed E-state index contributed by atoms with van der Waals surface area (Å²) >= 11 is 0. The van der Waals surface area contributed by atoms with Crippen molar-refractivity contribution in [3.8, 4) is 0 Å². The van der Waals surface area contributed by atoms with Crippen molar-refractivity contribution >= 4 is 0 Å². The molecule has 2 nitrogen and oxygen atoms in total. The second-order valence-electron chi connectivity index (χ2n) is 6.14. The molecule has 1 saturated carbocycles. The minimum absolute atomic E-state index is 0.512. The van der Waals surface area contributed by atoms with Crippen molar-refractivity contribution in [3.05, 3.63) is 0 Å². The summed E-state index contributed by atoms with van der Waals surface area (Å²) in [5.41, 5.74) is 6.45. The van der Waals surface area contributed by atoms with Crippen molar-refractivity contribution in [1.82, 2.24) is 4.90 Å². The summed E-state index contributed by atoms with van der Waals surface area (Å²) in [6, 6.07) is 0.682. The topological polar surface area (TPSA) is 29.3 Å². The molecule has 0 amide bonds. The molecule has 0 spiro atoms. The van der Waals surface area contributed by atoms with E-state index in [1.54, 1.807) is 0 Å². The van der Waals surface area contributed by atoms with E-state index in [9.17, 15) is 0 Å². The maximum atomic E-state index is 5.93. The average molecular weight is 240 g/mol. The number of unbranched alkanes of at least 4 members (excludes halogenated alkanes) is 2. The van der Waals surface area contributed by atoms with Gasteiger partial charge in [0.2, 0.25) is 0 Å². The van der Waals surface area contributed by atoms with E-state index in [0.29, 0.717) is 11.5 Å². The maximum absolute atomic E-state index is 5.93. The van der Waals surface area contributed by atoms with Gasteiger partial charge in [0.05, 0.1) is 0 Å². The summed E-state index contributed by atoms with van der Waals surface area (Å²) in [5, 5.41) is 0.